The fourth-order valence-electron chi connectivity index (χ4n) is 3.07. The minimum Gasteiger partial charge on any atom is -0.370 e. The van der Waals surface area contributed by atoms with E-state index in [0.717, 1.165) is 19.0 Å². The van der Waals surface area contributed by atoms with Crippen molar-refractivity contribution in [1.29, 1.82) is 0 Å². The summed E-state index contributed by atoms with van der Waals surface area (Å²) < 4.78 is 0. The Balaban J connectivity index is 1.58. The third-order valence-electron chi connectivity index (χ3n) is 4.92. The zero-order valence-electron chi connectivity index (χ0n) is 12.4. The summed E-state index contributed by atoms with van der Waals surface area (Å²) in [6.07, 6.45) is 6.52. The van der Waals surface area contributed by atoms with Gasteiger partial charge in [0.2, 0.25) is 0 Å². The molecule has 2 fully saturated rings. The highest BCUT2D eigenvalue weighted by Crippen LogP contribution is 2.49. The zero-order valence-corrected chi connectivity index (χ0v) is 12.4. The highest BCUT2D eigenvalue weighted by atomic mass is 15.1. The predicted octanol–water partition coefficient (Wildman–Crippen LogP) is 2.73. The Hall–Kier alpha value is -1.51. The summed E-state index contributed by atoms with van der Waals surface area (Å²) >= 11 is 0. The first-order valence-corrected chi connectivity index (χ1v) is 7.79. The number of benzene rings is 1. The molecule has 0 spiro atoms. The maximum atomic E-state index is 5.99. The first kappa shape index (κ1) is 13.5. The number of aryl methyl sites for hydroxylation is 1. The number of rotatable bonds is 5. The van der Waals surface area contributed by atoms with Crippen LogP contribution in [0.25, 0.3) is 0 Å². The standard InChI is InChI=1S/C17H25N3/c1-13-5-2-3-8-15(13)17(9-10-17)12-20-16(18)19-11-14-6-4-7-14/h2-3,5,8,14H,4,6-7,9-12H2,1H3,(H3,18,19,20). The molecule has 0 radical (unpaired) electrons. The number of nitrogens with one attached hydrogen (secondary N) is 1. The average molecular weight is 271 g/mol. The molecular formula is C17H25N3. The molecule has 108 valence electrons. The van der Waals surface area contributed by atoms with E-state index in [9.17, 15) is 0 Å². The van der Waals surface area contributed by atoms with Crippen LogP contribution >= 0.6 is 0 Å². The van der Waals surface area contributed by atoms with Crippen molar-refractivity contribution in [1.82, 2.24) is 5.32 Å². The fourth-order valence-corrected chi connectivity index (χ4v) is 3.07. The molecule has 0 saturated heterocycles. The van der Waals surface area contributed by atoms with E-state index >= 15 is 0 Å². The minimum atomic E-state index is 0.258. The molecule has 0 heterocycles. The second-order valence-electron chi connectivity index (χ2n) is 6.47. The minimum absolute atomic E-state index is 0.258. The number of guanidine groups is 1. The molecule has 20 heavy (non-hydrogen) atoms. The van der Waals surface area contributed by atoms with Crippen molar-refractivity contribution in [2.24, 2.45) is 16.6 Å². The normalized spacial score (nSPS) is 21.4. The maximum absolute atomic E-state index is 5.99. The van der Waals surface area contributed by atoms with Crippen LogP contribution in [-0.2, 0) is 5.41 Å². The van der Waals surface area contributed by atoms with Crippen LogP contribution in [0.15, 0.2) is 29.3 Å². The van der Waals surface area contributed by atoms with Crippen molar-refractivity contribution in [3.05, 3.63) is 35.4 Å². The van der Waals surface area contributed by atoms with Gasteiger partial charge in [0, 0.05) is 12.0 Å². The molecule has 0 aliphatic heterocycles. The molecule has 0 bridgehead atoms. The summed E-state index contributed by atoms with van der Waals surface area (Å²) in [4.78, 5) is 4.59. The lowest BCUT2D eigenvalue weighted by atomic mass is 9.85. The summed E-state index contributed by atoms with van der Waals surface area (Å²) in [7, 11) is 0. The number of hydrogen-bond acceptors (Lipinski definition) is 1. The number of nitrogens with two attached hydrogens (primary N) is 1. The summed E-state index contributed by atoms with van der Waals surface area (Å²) in [6, 6.07) is 8.67. The molecule has 0 amide bonds. The lowest BCUT2D eigenvalue weighted by molar-refractivity contribution is 0.315. The molecule has 0 atom stereocenters. The first-order chi connectivity index (χ1) is 9.70. The van der Waals surface area contributed by atoms with E-state index in [2.05, 4.69) is 41.5 Å². The van der Waals surface area contributed by atoms with E-state index in [1.807, 2.05) is 0 Å². The van der Waals surface area contributed by atoms with Gasteiger partial charge in [0.05, 0.1) is 6.54 Å². The Morgan fingerprint density at radius 2 is 2.10 bits per heavy atom. The van der Waals surface area contributed by atoms with E-state index in [1.54, 1.807) is 0 Å². The van der Waals surface area contributed by atoms with Crippen molar-refractivity contribution < 1.29 is 0 Å². The smallest absolute Gasteiger partial charge is 0.188 e. The van der Waals surface area contributed by atoms with Gasteiger partial charge in [-0.15, -0.1) is 0 Å². The van der Waals surface area contributed by atoms with Crippen LogP contribution in [0.5, 0.6) is 0 Å². The molecule has 0 unspecified atom stereocenters. The average Bonchev–Trinajstić information content (AvgIpc) is 3.16. The zero-order chi connectivity index (χ0) is 14.0. The van der Waals surface area contributed by atoms with Crippen LogP contribution < -0.4 is 11.1 Å². The third-order valence-corrected chi connectivity index (χ3v) is 4.92. The van der Waals surface area contributed by atoms with Gasteiger partial charge >= 0.3 is 0 Å². The molecule has 3 N–H and O–H groups in total. The Bertz CT molecular complexity index is 499. The molecule has 3 rings (SSSR count). The maximum Gasteiger partial charge on any atom is 0.188 e. The quantitative estimate of drug-likeness (QED) is 0.639. The van der Waals surface area contributed by atoms with Crippen molar-refractivity contribution in [2.75, 3.05) is 13.1 Å². The van der Waals surface area contributed by atoms with Gasteiger partial charge in [-0.05, 0) is 49.7 Å². The largest absolute Gasteiger partial charge is 0.370 e. The van der Waals surface area contributed by atoms with Crippen molar-refractivity contribution in [2.45, 2.75) is 44.4 Å². The van der Waals surface area contributed by atoms with Gasteiger partial charge < -0.3 is 11.1 Å². The van der Waals surface area contributed by atoms with E-state index in [4.69, 9.17) is 5.73 Å². The molecule has 1 aromatic rings. The van der Waals surface area contributed by atoms with Gasteiger partial charge in [0.1, 0.15) is 0 Å². The Morgan fingerprint density at radius 3 is 2.70 bits per heavy atom. The molecular weight excluding hydrogens is 246 g/mol. The van der Waals surface area contributed by atoms with Crippen LogP contribution in [0, 0.1) is 12.8 Å². The van der Waals surface area contributed by atoms with Gasteiger partial charge in [0.15, 0.2) is 5.96 Å². The number of nitrogens with zero attached hydrogens (tertiary/aromatic N) is 1. The van der Waals surface area contributed by atoms with E-state index in [0.29, 0.717) is 5.96 Å². The van der Waals surface area contributed by atoms with Gasteiger partial charge in [-0.2, -0.15) is 0 Å². The van der Waals surface area contributed by atoms with Crippen molar-refractivity contribution in [3.8, 4) is 0 Å². The van der Waals surface area contributed by atoms with Crippen molar-refractivity contribution >= 4 is 5.96 Å². The van der Waals surface area contributed by atoms with Gasteiger partial charge in [0.25, 0.3) is 0 Å². The molecule has 2 saturated carbocycles. The highest BCUT2D eigenvalue weighted by Gasteiger charge is 2.44. The van der Waals surface area contributed by atoms with Crippen LogP contribution in [0.4, 0.5) is 0 Å². The van der Waals surface area contributed by atoms with Crippen molar-refractivity contribution in [3.63, 3.8) is 0 Å². The summed E-state index contributed by atoms with van der Waals surface area (Å²) in [5.74, 6) is 1.44. The Kier molecular flexibility index (Phi) is 3.68. The molecule has 2 aliphatic carbocycles. The van der Waals surface area contributed by atoms with Crippen LogP contribution in [-0.4, -0.2) is 19.0 Å². The topological polar surface area (TPSA) is 50.4 Å². The molecule has 3 heteroatoms. The summed E-state index contributed by atoms with van der Waals surface area (Å²) in [5.41, 5.74) is 9.08. The molecule has 2 aliphatic rings. The van der Waals surface area contributed by atoms with E-state index < -0.39 is 0 Å². The lowest BCUT2D eigenvalue weighted by Crippen LogP contribution is -2.37. The monoisotopic (exact) mass is 271 g/mol. The van der Waals surface area contributed by atoms with Crippen LogP contribution in [0.2, 0.25) is 0 Å². The van der Waals surface area contributed by atoms with Crippen LogP contribution in [0.1, 0.15) is 43.2 Å². The highest BCUT2D eigenvalue weighted by molar-refractivity contribution is 5.77. The van der Waals surface area contributed by atoms with Gasteiger partial charge in [-0.3, -0.25) is 4.99 Å². The van der Waals surface area contributed by atoms with Crippen LogP contribution in [0.3, 0.4) is 0 Å². The molecule has 1 aromatic carbocycles. The van der Waals surface area contributed by atoms with Gasteiger partial charge in [-0.25, -0.2) is 0 Å². The van der Waals surface area contributed by atoms with E-state index in [1.165, 1.54) is 43.2 Å². The second kappa shape index (κ2) is 5.47. The SMILES string of the molecule is Cc1ccccc1C1(CN=C(N)NCC2CCC2)CC1. The molecule has 3 nitrogen and oxygen atoms in total. The first-order valence-electron chi connectivity index (χ1n) is 7.79. The number of hydrogen-bond donors (Lipinski definition) is 2. The third kappa shape index (κ3) is 2.82. The molecule has 0 aromatic heterocycles. The number of aliphatic imine (C=N–C) groups is 1. The summed E-state index contributed by atoms with van der Waals surface area (Å²) in [5, 5.41) is 3.28. The Morgan fingerprint density at radius 1 is 1.35 bits per heavy atom. The summed E-state index contributed by atoms with van der Waals surface area (Å²) in [6.45, 7) is 4.01. The fraction of sp³-hybridized carbons (Fsp3) is 0.588. The second-order valence-corrected chi connectivity index (χ2v) is 6.47. The van der Waals surface area contributed by atoms with E-state index in [-0.39, 0.29) is 5.41 Å². The Labute approximate surface area is 121 Å². The van der Waals surface area contributed by atoms with Gasteiger partial charge in [-0.1, -0.05) is 30.7 Å². The predicted molar refractivity (Wildman–Crippen MR) is 83.9 cm³/mol. The lowest BCUT2D eigenvalue weighted by Gasteiger charge is -2.25.